The molecule has 1 amide bonds. The third-order valence-corrected chi connectivity index (χ3v) is 4.24. The van der Waals surface area contributed by atoms with E-state index in [2.05, 4.69) is 33.1 Å². The summed E-state index contributed by atoms with van der Waals surface area (Å²) in [5.74, 6) is 0.225. The van der Waals surface area contributed by atoms with Gasteiger partial charge in [0, 0.05) is 15.1 Å². The molecule has 1 fully saturated rings. The Morgan fingerprint density at radius 2 is 2.00 bits per heavy atom. The number of hydrogen-bond acceptors (Lipinski definition) is 2. The van der Waals surface area contributed by atoms with E-state index in [-0.39, 0.29) is 11.8 Å². The fraction of sp³-hybridized carbons (Fsp3) is 0.429. The Morgan fingerprint density at radius 3 is 2.72 bits per heavy atom. The maximum absolute atomic E-state index is 11.8. The van der Waals surface area contributed by atoms with Crippen molar-refractivity contribution in [2.75, 3.05) is 0 Å². The van der Waals surface area contributed by atoms with Crippen LogP contribution in [0.25, 0.3) is 0 Å². The molecule has 1 N–H and O–H groups in total. The van der Waals surface area contributed by atoms with Crippen LogP contribution in [0.5, 0.6) is 0 Å². The number of rotatable bonds is 3. The molecule has 0 radical (unpaired) electrons. The zero-order chi connectivity index (χ0) is 12.8. The van der Waals surface area contributed by atoms with E-state index in [1.807, 2.05) is 24.3 Å². The molecule has 18 heavy (non-hydrogen) atoms. The molecule has 0 spiro atoms. The molecule has 0 aliphatic heterocycles. The zero-order valence-electron chi connectivity index (χ0n) is 10.2. The molecule has 0 heterocycles. The van der Waals surface area contributed by atoms with Crippen LogP contribution in [0.1, 0.15) is 37.7 Å². The average Bonchev–Trinajstić information content (AvgIpc) is 2.42. The first-order valence-corrected chi connectivity index (χ1v) is 7.42. The van der Waals surface area contributed by atoms with E-state index in [1.54, 1.807) is 6.21 Å². The molecule has 4 heteroatoms. The number of hydrazone groups is 1. The number of benzene rings is 1. The van der Waals surface area contributed by atoms with Crippen molar-refractivity contribution in [1.82, 2.24) is 5.43 Å². The summed E-state index contributed by atoms with van der Waals surface area (Å²) in [5.41, 5.74) is 3.68. The molecular formula is C14H17IN2O. The van der Waals surface area contributed by atoms with Gasteiger partial charge in [0.1, 0.15) is 0 Å². The first-order valence-electron chi connectivity index (χ1n) is 6.35. The molecule has 96 valence electrons. The Balaban J connectivity index is 1.87. The summed E-state index contributed by atoms with van der Waals surface area (Å²) in [5, 5.41) is 4.05. The van der Waals surface area contributed by atoms with Crippen molar-refractivity contribution in [2.24, 2.45) is 11.0 Å². The predicted molar refractivity (Wildman–Crippen MR) is 81.5 cm³/mol. The van der Waals surface area contributed by atoms with Gasteiger partial charge in [0.05, 0.1) is 6.21 Å². The van der Waals surface area contributed by atoms with Gasteiger partial charge in [-0.15, -0.1) is 0 Å². The number of hydrogen-bond donors (Lipinski definition) is 1. The third-order valence-electron chi connectivity index (χ3n) is 3.26. The summed E-state index contributed by atoms with van der Waals surface area (Å²) in [6.07, 6.45) is 7.31. The summed E-state index contributed by atoms with van der Waals surface area (Å²) in [6.45, 7) is 0. The van der Waals surface area contributed by atoms with Gasteiger partial charge >= 0.3 is 0 Å². The molecule has 0 bridgehead atoms. The van der Waals surface area contributed by atoms with Gasteiger partial charge in [-0.2, -0.15) is 5.10 Å². The highest BCUT2D eigenvalue weighted by atomic mass is 127. The van der Waals surface area contributed by atoms with Crippen molar-refractivity contribution in [3.8, 4) is 0 Å². The summed E-state index contributed by atoms with van der Waals surface area (Å²) >= 11 is 2.26. The highest BCUT2D eigenvalue weighted by Gasteiger charge is 2.20. The van der Waals surface area contributed by atoms with Crippen LogP contribution in [0.15, 0.2) is 29.4 Å². The van der Waals surface area contributed by atoms with Gasteiger partial charge in [0.25, 0.3) is 0 Å². The molecule has 0 aromatic heterocycles. The van der Waals surface area contributed by atoms with Crippen LogP contribution in [0.3, 0.4) is 0 Å². The van der Waals surface area contributed by atoms with E-state index in [4.69, 9.17) is 0 Å². The van der Waals surface area contributed by atoms with Crippen LogP contribution >= 0.6 is 22.6 Å². The SMILES string of the molecule is O=C(NN=Cc1ccccc1I)C1CCCCC1. The number of nitrogens with one attached hydrogen (secondary N) is 1. The van der Waals surface area contributed by atoms with Crippen molar-refractivity contribution in [3.05, 3.63) is 33.4 Å². The van der Waals surface area contributed by atoms with Gasteiger partial charge in [-0.05, 0) is 41.5 Å². The summed E-state index contributed by atoms with van der Waals surface area (Å²) in [7, 11) is 0. The van der Waals surface area contributed by atoms with Gasteiger partial charge < -0.3 is 0 Å². The minimum atomic E-state index is 0.0666. The normalized spacial score (nSPS) is 16.9. The highest BCUT2D eigenvalue weighted by Crippen LogP contribution is 2.23. The van der Waals surface area contributed by atoms with Crippen molar-refractivity contribution < 1.29 is 4.79 Å². The molecule has 0 unspecified atom stereocenters. The fourth-order valence-corrected chi connectivity index (χ4v) is 2.73. The van der Waals surface area contributed by atoms with E-state index in [0.717, 1.165) is 22.0 Å². The van der Waals surface area contributed by atoms with Crippen molar-refractivity contribution in [1.29, 1.82) is 0 Å². The van der Waals surface area contributed by atoms with E-state index < -0.39 is 0 Å². The third kappa shape index (κ3) is 3.80. The van der Waals surface area contributed by atoms with E-state index in [9.17, 15) is 4.79 Å². The zero-order valence-corrected chi connectivity index (χ0v) is 12.4. The lowest BCUT2D eigenvalue weighted by molar-refractivity contribution is -0.125. The van der Waals surface area contributed by atoms with E-state index >= 15 is 0 Å². The standard InChI is InChI=1S/C14H17IN2O/c15-13-9-5-4-8-12(13)10-16-17-14(18)11-6-2-1-3-7-11/h4-5,8-11H,1-3,6-7H2,(H,17,18). The lowest BCUT2D eigenvalue weighted by Crippen LogP contribution is -2.28. The van der Waals surface area contributed by atoms with Crippen molar-refractivity contribution in [2.45, 2.75) is 32.1 Å². The Bertz CT molecular complexity index is 439. The second kappa shape index (κ2) is 6.87. The molecule has 1 aliphatic rings. The monoisotopic (exact) mass is 356 g/mol. The number of carbonyl (C=O) groups is 1. The van der Waals surface area contributed by atoms with Gasteiger partial charge in [-0.3, -0.25) is 4.79 Å². The Morgan fingerprint density at radius 1 is 1.28 bits per heavy atom. The largest absolute Gasteiger partial charge is 0.273 e. The van der Waals surface area contributed by atoms with Gasteiger partial charge in [0.15, 0.2) is 0 Å². The molecule has 1 saturated carbocycles. The molecular weight excluding hydrogens is 339 g/mol. The molecule has 0 atom stereocenters. The van der Waals surface area contributed by atoms with Crippen LogP contribution < -0.4 is 5.43 Å². The first kappa shape index (κ1) is 13.5. The Kier molecular flexibility index (Phi) is 5.16. The molecule has 1 aliphatic carbocycles. The number of carbonyl (C=O) groups excluding carboxylic acids is 1. The first-order chi connectivity index (χ1) is 8.77. The smallest absolute Gasteiger partial charge is 0.243 e. The average molecular weight is 356 g/mol. The van der Waals surface area contributed by atoms with Crippen LogP contribution in [0.2, 0.25) is 0 Å². The number of amides is 1. The molecule has 2 rings (SSSR count). The maximum atomic E-state index is 11.8. The van der Waals surface area contributed by atoms with Gasteiger partial charge in [-0.25, -0.2) is 5.43 Å². The van der Waals surface area contributed by atoms with Gasteiger partial charge in [0.2, 0.25) is 5.91 Å². The van der Waals surface area contributed by atoms with Crippen LogP contribution in [-0.2, 0) is 4.79 Å². The van der Waals surface area contributed by atoms with Crippen molar-refractivity contribution >= 4 is 34.7 Å². The minimum absolute atomic E-state index is 0.0666. The van der Waals surface area contributed by atoms with Crippen LogP contribution in [0, 0.1) is 9.49 Å². The maximum Gasteiger partial charge on any atom is 0.243 e. The Hall–Kier alpha value is -0.910. The van der Waals surface area contributed by atoms with Gasteiger partial charge in [-0.1, -0.05) is 37.5 Å². The summed E-state index contributed by atoms with van der Waals surface area (Å²) in [6, 6.07) is 7.95. The minimum Gasteiger partial charge on any atom is -0.273 e. The fourth-order valence-electron chi connectivity index (χ4n) is 2.20. The molecule has 3 nitrogen and oxygen atoms in total. The lowest BCUT2D eigenvalue weighted by atomic mass is 9.89. The quantitative estimate of drug-likeness (QED) is 0.504. The van der Waals surface area contributed by atoms with E-state index in [0.29, 0.717) is 0 Å². The molecule has 0 saturated heterocycles. The number of nitrogens with zero attached hydrogens (tertiary/aromatic N) is 1. The van der Waals surface area contributed by atoms with Crippen molar-refractivity contribution in [3.63, 3.8) is 0 Å². The topological polar surface area (TPSA) is 41.5 Å². The molecule has 1 aromatic carbocycles. The summed E-state index contributed by atoms with van der Waals surface area (Å²) in [4.78, 5) is 11.8. The second-order valence-electron chi connectivity index (χ2n) is 4.59. The highest BCUT2D eigenvalue weighted by molar-refractivity contribution is 14.1. The lowest BCUT2D eigenvalue weighted by Gasteiger charge is -2.19. The summed E-state index contributed by atoms with van der Waals surface area (Å²) < 4.78 is 1.13. The second-order valence-corrected chi connectivity index (χ2v) is 5.75. The van der Waals surface area contributed by atoms with E-state index in [1.165, 1.54) is 19.3 Å². The Labute approximate surface area is 121 Å². The number of halogens is 1. The van der Waals surface area contributed by atoms with Crippen LogP contribution in [-0.4, -0.2) is 12.1 Å². The van der Waals surface area contributed by atoms with Crippen LogP contribution in [0.4, 0.5) is 0 Å². The molecule has 1 aromatic rings. The predicted octanol–water partition coefficient (Wildman–Crippen LogP) is 3.32.